The summed E-state index contributed by atoms with van der Waals surface area (Å²) in [5.74, 6) is 1.09. The van der Waals surface area contributed by atoms with Crippen molar-refractivity contribution in [1.29, 1.82) is 0 Å². The number of likely N-dealkylation sites (tertiary alicyclic amines) is 1. The van der Waals surface area contributed by atoms with E-state index in [1.807, 2.05) is 11.8 Å². The molecule has 15 heavy (non-hydrogen) atoms. The minimum atomic E-state index is 0.324. The van der Waals surface area contributed by atoms with Gasteiger partial charge in [0.2, 0.25) is 5.91 Å². The lowest BCUT2D eigenvalue weighted by atomic mass is 9.77. The van der Waals surface area contributed by atoms with Crippen molar-refractivity contribution in [3.63, 3.8) is 0 Å². The van der Waals surface area contributed by atoms with Gasteiger partial charge >= 0.3 is 0 Å². The third kappa shape index (κ3) is 3.51. The van der Waals surface area contributed by atoms with Crippen LogP contribution in [0.4, 0.5) is 0 Å². The maximum atomic E-state index is 11.6. The van der Waals surface area contributed by atoms with Gasteiger partial charge in [0.25, 0.3) is 0 Å². The highest BCUT2D eigenvalue weighted by Gasteiger charge is 2.27. The summed E-state index contributed by atoms with van der Waals surface area (Å²) in [7, 11) is 0. The second kappa shape index (κ2) is 5.00. The molecule has 1 rings (SSSR count). The lowest BCUT2D eigenvalue weighted by Crippen LogP contribution is -2.31. The van der Waals surface area contributed by atoms with Gasteiger partial charge in [0, 0.05) is 19.5 Å². The summed E-state index contributed by atoms with van der Waals surface area (Å²) >= 11 is 0. The van der Waals surface area contributed by atoms with E-state index in [0.29, 0.717) is 17.7 Å². The molecule has 1 saturated heterocycles. The number of carbonyl (C=O) groups excluding carboxylic acids is 1. The van der Waals surface area contributed by atoms with Gasteiger partial charge in [-0.2, -0.15) is 0 Å². The number of nitrogens with zero attached hydrogens (tertiary/aromatic N) is 1. The molecule has 0 saturated carbocycles. The lowest BCUT2D eigenvalue weighted by molar-refractivity contribution is -0.130. The van der Waals surface area contributed by atoms with E-state index >= 15 is 0 Å². The van der Waals surface area contributed by atoms with E-state index in [2.05, 4.69) is 20.8 Å². The van der Waals surface area contributed by atoms with Crippen molar-refractivity contribution < 1.29 is 4.79 Å². The predicted octanol–water partition coefficient (Wildman–Crippen LogP) is 3.07. The van der Waals surface area contributed by atoms with Crippen molar-refractivity contribution in [2.24, 2.45) is 11.3 Å². The maximum Gasteiger partial charge on any atom is 0.222 e. The normalized spacial score (nSPS) is 23.7. The molecule has 1 aliphatic heterocycles. The highest BCUT2D eigenvalue weighted by Crippen LogP contribution is 2.34. The van der Waals surface area contributed by atoms with Crippen LogP contribution in [0.5, 0.6) is 0 Å². The molecule has 1 heterocycles. The standard InChI is InChI=1S/C13H25NO/c1-5-12(15)14-9-6-7-11(8-10-14)13(2,3)4/h11H,5-10H2,1-4H3. The van der Waals surface area contributed by atoms with Gasteiger partial charge in [0.15, 0.2) is 0 Å². The third-order valence-corrected chi connectivity index (χ3v) is 3.61. The Morgan fingerprint density at radius 3 is 2.47 bits per heavy atom. The second-order valence-corrected chi connectivity index (χ2v) is 5.73. The van der Waals surface area contributed by atoms with Crippen LogP contribution in [0.2, 0.25) is 0 Å². The first-order valence-electron chi connectivity index (χ1n) is 6.23. The van der Waals surface area contributed by atoms with E-state index in [1.54, 1.807) is 0 Å². The van der Waals surface area contributed by atoms with Crippen molar-refractivity contribution in [2.45, 2.75) is 53.4 Å². The van der Waals surface area contributed by atoms with Crippen molar-refractivity contribution in [3.8, 4) is 0 Å². The van der Waals surface area contributed by atoms with Gasteiger partial charge in [-0.25, -0.2) is 0 Å². The van der Waals surface area contributed by atoms with E-state index in [4.69, 9.17) is 0 Å². The lowest BCUT2D eigenvalue weighted by Gasteiger charge is -2.29. The largest absolute Gasteiger partial charge is 0.343 e. The molecule has 1 amide bonds. The molecule has 1 unspecified atom stereocenters. The van der Waals surface area contributed by atoms with Crippen LogP contribution in [-0.2, 0) is 4.79 Å². The zero-order valence-corrected chi connectivity index (χ0v) is 10.7. The number of rotatable bonds is 1. The average molecular weight is 211 g/mol. The molecule has 2 nitrogen and oxygen atoms in total. The van der Waals surface area contributed by atoms with Crippen LogP contribution in [0.1, 0.15) is 53.4 Å². The van der Waals surface area contributed by atoms with Gasteiger partial charge in [0.05, 0.1) is 0 Å². The Morgan fingerprint density at radius 1 is 1.27 bits per heavy atom. The molecule has 0 spiro atoms. The fourth-order valence-corrected chi connectivity index (χ4v) is 2.44. The summed E-state index contributed by atoms with van der Waals surface area (Å²) < 4.78 is 0. The first-order valence-corrected chi connectivity index (χ1v) is 6.23. The zero-order chi connectivity index (χ0) is 11.5. The summed E-state index contributed by atoms with van der Waals surface area (Å²) in [5.41, 5.74) is 0.394. The van der Waals surface area contributed by atoms with Gasteiger partial charge in [-0.3, -0.25) is 4.79 Å². The summed E-state index contributed by atoms with van der Waals surface area (Å²) in [6, 6.07) is 0. The van der Waals surface area contributed by atoms with Gasteiger partial charge in [-0.1, -0.05) is 27.7 Å². The van der Waals surface area contributed by atoms with Crippen LogP contribution >= 0.6 is 0 Å². The van der Waals surface area contributed by atoms with Crippen LogP contribution in [0.3, 0.4) is 0 Å². The SMILES string of the molecule is CCC(=O)N1CCCC(C(C)(C)C)CC1. The highest BCUT2D eigenvalue weighted by molar-refractivity contribution is 5.75. The Kier molecular flexibility index (Phi) is 4.18. The first kappa shape index (κ1) is 12.5. The van der Waals surface area contributed by atoms with Crippen LogP contribution in [-0.4, -0.2) is 23.9 Å². The van der Waals surface area contributed by atoms with E-state index < -0.39 is 0 Å². The number of hydrogen-bond acceptors (Lipinski definition) is 1. The van der Waals surface area contributed by atoms with Gasteiger partial charge in [0.1, 0.15) is 0 Å². The molecule has 2 heteroatoms. The smallest absolute Gasteiger partial charge is 0.222 e. The third-order valence-electron chi connectivity index (χ3n) is 3.61. The topological polar surface area (TPSA) is 20.3 Å². The maximum absolute atomic E-state index is 11.6. The molecule has 0 radical (unpaired) electrons. The average Bonchev–Trinajstić information content (AvgIpc) is 2.40. The molecule has 0 aliphatic carbocycles. The number of hydrogen-bond donors (Lipinski definition) is 0. The molecule has 1 aliphatic rings. The molecule has 0 aromatic carbocycles. The molecule has 88 valence electrons. The molecule has 0 aromatic rings. The quantitative estimate of drug-likeness (QED) is 0.652. The predicted molar refractivity (Wildman–Crippen MR) is 63.7 cm³/mol. The van der Waals surface area contributed by atoms with E-state index in [9.17, 15) is 4.79 Å². The molecule has 0 aromatic heterocycles. The first-order chi connectivity index (χ1) is 6.95. The fourth-order valence-electron chi connectivity index (χ4n) is 2.44. The van der Waals surface area contributed by atoms with Gasteiger partial charge in [-0.15, -0.1) is 0 Å². The van der Waals surface area contributed by atoms with Crippen LogP contribution in [0, 0.1) is 11.3 Å². The van der Waals surface area contributed by atoms with Gasteiger partial charge in [-0.05, 0) is 30.6 Å². The Labute approximate surface area is 94.0 Å². The molecule has 1 atom stereocenters. The number of carbonyl (C=O) groups is 1. The Morgan fingerprint density at radius 2 is 1.93 bits per heavy atom. The van der Waals surface area contributed by atoms with E-state index in [0.717, 1.165) is 19.0 Å². The van der Waals surface area contributed by atoms with Crippen molar-refractivity contribution in [2.75, 3.05) is 13.1 Å². The van der Waals surface area contributed by atoms with E-state index in [-0.39, 0.29) is 0 Å². The highest BCUT2D eigenvalue weighted by atomic mass is 16.2. The van der Waals surface area contributed by atoms with E-state index in [1.165, 1.54) is 19.3 Å². The van der Waals surface area contributed by atoms with Crippen LogP contribution in [0.25, 0.3) is 0 Å². The summed E-state index contributed by atoms with van der Waals surface area (Å²) in [4.78, 5) is 13.6. The zero-order valence-electron chi connectivity index (χ0n) is 10.7. The Bertz CT molecular complexity index is 217. The molecule has 0 bridgehead atoms. The summed E-state index contributed by atoms with van der Waals surface area (Å²) in [6.07, 6.45) is 4.28. The van der Waals surface area contributed by atoms with Crippen LogP contribution < -0.4 is 0 Å². The van der Waals surface area contributed by atoms with Crippen LogP contribution in [0.15, 0.2) is 0 Å². The fraction of sp³-hybridized carbons (Fsp3) is 0.923. The minimum Gasteiger partial charge on any atom is -0.343 e. The second-order valence-electron chi connectivity index (χ2n) is 5.73. The minimum absolute atomic E-state index is 0.324. The Hall–Kier alpha value is -0.530. The van der Waals surface area contributed by atoms with Crippen molar-refractivity contribution in [1.82, 2.24) is 4.90 Å². The molecule has 0 N–H and O–H groups in total. The summed E-state index contributed by atoms with van der Waals surface area (Å²) in [6.45, 7) is 10.8. The van der Waals surface area contributed by atoms with Crippen molar-refractivity contribution >= 4 is 5.91 Å². The van der Waals surface area contributed by atoms with Gasteiger partial charge < -0.3 is 4.90 Å². The number of amides is 1. The Balaban J connectivity index is 2.52. The monoisotopic (exact) mass is 211 g/mol. The van der Waals surface area contributed by atoms with Crippen molar-refractivity contribution in [3.05, 3.63) is 0 Å². The molecule has 1 fully saturated rings. The molecular weight excluding hydrogens is 186 g/mol. The summed E-state index contributed by atoms with van der Waals surface area (Å²) in [5, 5.41) is 0. The molecular formula is C13H25NO.